The molecule has 5 nitrogen and oxygen atoms in total. The number of benzene rings is 1. The molecule has 2 aromatic rings. The number of carbonyl (C=O) groups excluding carboxylic acids is 2. The largest absolute Gasteiger partial charge is 0.352 e. The summed E-state index contributed by atoms with van der Waals surface area (Å²) in [4.78, 5) is 29.5. The summed E-state index contributed by atoms with van der Waals surface area (Å²) in [6.45, 7) is 9.63. The number of hydrogen-bond donors (Lipinski definition) is 3. The minimum absolute atomic E-state index is 0.00323. The van der Waals surface area contributed by atoms with Crippen LogP contribution in [0.2, 0.25) is 0 Å². The van der Waals surface area contributed by atoms with E-state index in [0.717, 1.165) is 60.2 Å². The van der Waals surface area contributed by atoms with Crippen LogP contribution in [-0.4, -0.2) is 35.3 Å². The molecule has 5 rings (SSSR count). The SMILES string of the molecule is CC1(C)CC(C)(C)c2c([nH]c3ccc(C(=O)NC4CCC(NCC5CC5)CC4)cc23)C1=O. The normalized spacial score (nSPS) is 26.7. The molecular weight excluding hydrogens is 398 g/mol. The lowest BCUT2D eigenvalue weighted by molar-refractivity contribution is 0.0759. The van der Waals surface area contributed by atoms with Gasteiger partial charge in [-0.3, -0.25) is 9.59 Å². The molecule has 0 bridgehead atoms. The van der Waals surface area contributed by atoms with Gasteiger partial charge in [-0.05, 0) is 86.6 Å². The van der Waals surface area contributed by atoms with Crippen LogP contribution in [0, 0.1) is 11.3 Å². The molecule has 1 aromatic carbocycles. The molecule has 0 atom stereocenters. The fraction of sp³-hybridized carbons (Fsp3) is 0.630. The molecule has 1 aromatic heterocycles. The smallest absolute Gasteiger partial charge is 0.251 e. The lowest BCUT2D eigenvalue weighted by atomic mass is 9.63. The van der Waals surface area contributed by atoms with Gasteiger partial charge in [-0.2, -0.15) is 0 Å². The Morgan fingerprint density at radius 3 is 2.38 bits per heavy atom. The number of H-pyrrole nitrogens is 1. The van der Waals surface area contributed by atoms with Crippen molar-refractivity contribution in [3.05, 3.63) is 35.0 Å². The van der Waals surface area contributed by atoms with E-state index in [0.29, 0.717) is 11.6 Å². The van der Waals surface area contributed by atoms with Crippen LogP contribution in [0.5, 0.6) is 0 Å². The van der Waals surface area contributed by atoms with Crippen molar-refractivity contribution in [2.24, 2.45) is 11.3 Å². The second kappa shape index (κ2) is 7.72. The molecule has 2 saturated carbocycles. The minimum atomic E-state index is -0.385. The van der Waals surface area contributed by atoms with Crippen molar-refractivity contribution in [2.75, 3.05) is 6.54 Å². The van der Waals surface area contributed by atoms with E-state index >= 15 is 0 Å². The molecule has 1 heterocycles. The van der Waals surface area contributed by atoms with Crippen LogP contribution >= 0.6 is 0 Å². The fourth-order valence-corrected chi connectivity index (χ4v) is 6.18. The first-order chi connectivity index (χ1) is 15.1. The first-order valence-corrected chi connectivity index (χ1v) is 12.4. The molecule has 172 valence electrons. The Labute approximate surface area is 191 Å². The highest BCUT2D eigenvalue weighted by Crippen LogP contribution is 2.48. The van der Waals surface area contributed by atoms with Crippen molar-refractivity contribution in [2.45, 2.75) is 90.1 Å². The van der Waals surface area contributed by atoms with Crippen LogP contribution in [0.15, 0.2) is 18.2 Å². The van der Waals surface area contributed by atoms with Crippen LogP contribution in [0.4, 0.5) is 0 Å². The molecule has 2 fully saturated rings. The first kappa shape index (κ1) is 21.7. The Morgan fingerprint density at radius 1 is 1.00 bits per heavy atom. The number of fused-ring (bicyclic) bond motifs is 3. The van der Waals surface area contributed by atoms with Gasteiger partial charge in [0.2, 0.25) is 0 Å². The predicted molar refractivity (Wildman–Crippen MR) is 128 cm³/mol. The summed E-state index contributed by atoms with van der Waals surface area (Å²) in [6, 6.07) is 6.67. The second-order valence-corrected chi connectivity index (χ2v) is 11.8. The lowest BCUT2D eigenvalue weighted by Crippen LogP contribution is -2.42. The molecule has 0 saturated heterocycles. The van der Waals surface area contributed by atoms with Crippen molar-refractivity contribution >= 4 is 22.6 Å². The monoisotopic (exact) mass is 435 g/mol. The van der Waals surface area contributed by atoms with Gasteiger partial charge in [0.15, 0.2) is 5.78 Å². The molecule has 3 aliphatic carbocycles. The zero-order valence-corrected chi connectivity index (χ0v) is 19.9. The number of aromatic amines is 1. The van der Waals surface area contributed by atoms with Gasteiger partial charge in [-0.25, -0.2) is 0 Å². The van der Waals surface area contributed by atoms with Gasteiger partial charge >= 0.3 is 0 Å². The fourth-order valence-electron chi connectivity index (χ4n) is 6.18. The maximum absolute atomic E-state index is 13.1. The van der Waals surface area contributed by atoms with E-state index in [2.05, 4.69) is 29.5 Å². The van der Waals surface area contributed by atoms with Crippen molar-refractivity contribution in [3.8, 4) is 0 Å². The number of ketones is 1. The van der Waals surface area contributed by atoms with Crippen LogP contribution in [0.3, 0.4) is 0 Å². The molecule has 5 heteroatoms. The third-order valence-electron chi connectivity index (χ3n) is 7.92. The summed E-state index contributed by atoms with van der Waals surface area (Å²) in [5, 5.41) is 7.99. The molecule has 0 aliphatic heterocycles. The Balaban J connectivity index is 1.31. The molecule has 0 spiro atoms. The van der Waals surface area contributed by atoms with E-state index in [1.807, 2.05) is 32.0 Å². The van der Waals surface area contributed by atoms with Crippen LogP contribution in [0.1, 0.15) is 99.1 Å². The Kier molecular flexibility index (Phi) is 5.23. The standard InChI is InChI=1S/C27H37N3O2/c1-26(2)15-27(3,4)24(31)23-22(26)20-13-17(7-12-21(20)30-23)25(32)29-19-10-8-18(9-11-19)28-14-16-5-6-16/h7,12-13,16,18-19,28,30H,5-6,8-11,14-15H2,1-4H3,(H,29,32). The third kappa shape index (κ3) is 4.00. The predicted octanol–water partition coefficient (Wildman–Crippen LogP) is 5.10. The Morgan fingerprint density at radius 2 is 1.69 bits per heavy atom. The lowest BCUT2D eigenvalue weighted by Gasteiger charge is -2.39. The molecule has 32 heavy (non-hydrogen) atoms. The number of Topliss-reactive ketones (excluding diaryl/α,β-unsaturated/α-hetero) is 1. The maximum Gasteiger partial charge on any atom is 0.251 e. The molecule has 1 amide bonds. The van der Waals surface area contributed by atoms with E-state index in [1.54, 1.807) is 0 Å². The molecule has 0 unspecified atom stereocenters. The molecule has 0 radical (unpaired) electrons. The summed E-state index contributed by atoms with van der Waals surface area (Å²) in [5.74, 6) is 1.07. The van der Waals surface area contributed by atoms with Crippen molar-refractivity contribution < 1.29 is 9.59 Å². The van der Waals surface area contributed by atoms with Gasteiger partial charge in [0.05, 0.1) is 5.69 Å². The van der Waals surface area contributed by atoms with Crippen LogP contribution < -0.4 is 10.6 Å². The molecule has 3 aliphatic rings. The van der Waals surface area contributed by atoms with E-state index < -0.39 is 0 Å². The summed E-state index contributed by atoms with van der Waals surface area (Å²) < 4.78 is 0. The Bertz CT molecular complexity index is 1050. The van der Waals surface area contributed by atoms with Gasteiger partial charge in [0, 0.05) is 34.0 Å². The summed E-state index contributed by atoms with van der Waals surface area (Å²) in [5.41, 5.74) is 2.88. The molecular formula is C27H37N3O2. The van der Waals surface area contributed by atoms with Crippen LogP contribution in [0.25, 0.3) is 10.9 Å². The van der Waals surface area contributed by atoms with Gasteiger partial charge < -0.3 is 15.6 Å². The zero-order valence-electron chi connectivity index (χ0n) is 19.9. The van der Waals surface area contributed by atoms with Gasteiger partial charge in [0.25, 0.3) is 5.91 Å². The summed E-state index contributed by atoms with van der Waals surface area (Å²) >= 11 is 0. The number of amides is 1. The molecule has 3 N–H and O–H groups in total. The number of rotatable bonds is 5. The third-order valence-corrected chi connectivity index (χ3v) is 7.92. The maximum atomic E-state index is 13.1. The Hall–Kier alpha value is -2.14. The van der Waals surface area contributed by atoms with Crippen molar-refractivity contribution in [1.82, 2.24) is 15.6 Å². The minimum Gasteiger partial charge on any atom is -0.352 e. The number of hydrogen-bond acceptors (Lipinski definition) is 3. The first-order valence-electron chi connectivity index (χ1n) is 12.4. The highest BCUT2D eigenvalue weighted by atomic mass is 16.1. The van der Waals surface area contributed by atoms with E-state index in [9.17, 15) is 9.59 Å². The van der Waals surface area contributed by atoms with Crippen molar-refractivity contribution in [3.63, 3.8) is 0 Å². The van der Waals surface area contributed by atoms with Crippen molar-refractivity contribution in [1.29, 1.82) is 0 Å². The van der Waals surface area contributed by atoms with Gasteiger partial charge in [-0.1, -0.05) is 27.7 Å². The average Bonchev–Trinajstić information content (AvgIpc) is 3.48. The number of nitrogens with one attached hydrogen (secondary N) is 3. The van der Waals surface area contributed by atoms with E-state index in [4.69, 9.17) is 0 Å². The summed E-state index contributed by atoms with van der Waals surface area (Å²) in [7, 11) is 0. The topological polar surface area (TPSA) is 74.0 Å². The number of aromatic nitrogens is 1. The van der Waals surface area contributed by atoms with E-state index in [1.165, 1.54) is 19.4 Å². The van der Waals surface area contributed by atoms with Gasteiger partial charge in [-0.15, -0.1) is 0 Å². The highest BCUT2D eigenvalue weighted by molar-refractivity contribution is 6.08. The zero-order chi connectivity index (χ0) is 22.7. The van der Waals surface area contributed by atoms with Gasteiger partial charge in [0.1, 0.15) is 0 Å². The average molecular weight is 436 g/mol. The highest BCUT2D eigenvalue weighted by Gasteiger charge is 2.45. The summed E-state index contributed by atoms with van der Waals surface area (Å²) in [6.07, 6.45) is 7.90. The van der Waals surface area contributed by atoms with Crippen LogP contribution in [-0.2, 0) is 5.41 Å². The quantitative estimate of drug-likeness (QED) is 0.612. The second-order valence-electron chi connectivity index (χ2n) is 11.8. The van der Waals surface area contributed by atoms with E-state index in [-0.39, 0.29) is 28.6 Å². The number of carbonyl (C=O) groups is 2.